The Labute approximate surface area is 131 Å². The smallest absolute Gasteiger partial charge is 0.242 e. The number of hydrogen-bond acceptors (Lipinski definition) is 4. The number of nitriles is 1. The van der Waals surface area contributed by atoms with Crippen LogP contribution < -0.4 is 4.72 Å². The molecule has 1 aromatic heterocycles. The van der Waals surface area contributed by atoms with E-state index < -0.39 is 10.0 Å². The summed E-state index contributed by atoms with van der Waals surface area (Å²) in [7, 11) is -3.68. The third kappa shape index (κ3) is 3.88. The van der Waals surface area contributed by atoms with E-state index in [0.29, 0.717) is 0 Å². The Balaban J connectivity index is 2.20. The first-order valence-electron chi connectivity index (χ1n) is 6.06. The lowest BCUT2D eigenvalue weighted by atomic mass is 10.1. The molecule has 21 heavy (non-hydrogen) atoms. The molecule has 0 saturated carbocycles. The maximum absolute atomic E-state index is 12.2. The third-order valence-electron chi connectivity index (χ3n) is 2.86. The molecular weight excluding hydrogens is 354 g/mol. The van der Waals surface area contributed by atoms with E-state index in [-0.39, 0.29) is 16.6 Å². The van der Waals surface area contributed by atoms with Gasteiger partial charge in [0.15, 0.2) is 0 Å². The molecule has 0 saturated heterocycles. The summed E-state index contributed by atoms with van der Waals surface area (Å²) in [5.74, 6) is 0. The average molecular weight is 366 g/mol. The number of halogens is 1. The van der Waals surface area contributed by atoms with E-state index in [4.69, 9.17) is 5.26 Å². The Hall–Kier alpha value is -1.75. The van der Waals surface area contributed by atoms with Crippen LogP contribution in [0.5, 0.6) is 0 Å². The molecule has 1 aromatic carbocycles. The number of sulfonamides is 1. The first-order chi connectivity index (χ1) is 9.92. The normalized spacial score (nSPS) is 12.6. The monoisotopic (exact) mass is 365 g/mol. The SMILES string of the molecule is CC(NS(=O)(=O)c1ccc(C#N)nc1)c1ccc(Br)cc1. The van der Waals surface area contributed by atoms with Crippen molar-refractivity contribution in [2.24, 2.45) is 0 Å². The molecule has 1 atom stereocenters. The highest BCUT2D eigenvalue weighted by molar-refractivity contribution is 9.10. The van der Waals surface area contributed by atoms with Crippen molar-refractivity contribution >= 4 is 26.0 Å². The summed E-state index contributed by atoms with van der Waals surface area (Å²) in [6, 6.07) is 11.6. The van der Waals surface area contributed by atoms with Gasteiger partial charge in [-0.2, -0.15) is 5.26 Å². The van der Waals surface area contributed by atoms with Crippen molar-refractivity contribution in [3.8, 4) is 6.07 Å². The standard InChI is InChI=1S/C14H12BrN3O2S/c1-10(11-2-4-12(15)5-3-11)18-21(19,20)14-7-6-13(8-16)17-9-14/h2-7,9-10,18H,1H3. The zero-order chi connectivity index (χ0) is 15.5. The molecular formula is C14H12BrN3O2S. The van der Waals surface area contributed by atoms with Gasteiger partial charge >= 0.3 is 0 Å². The van der Waals surface area contributed by atoms with Crippen molar-refractivity contribution in [2.75, 3.05) is 0 Å². The van der Waals surface area contributed by atoms with E-state index in [1.54, 1.807) is 6.92 Å². The minimum atomic E-state index is -3.68. The highest BCUT2D eigenvalue weighted by Crippen LogP contribution is 2.19. The molecule has 7 heteroatoms. The van der Waals surface area contributed by atoms with E-state index in [1.165, 1.54) is 18.3 Å². The molecule has 0 fully saturated rings. The summed E-state index contributed by atoms with van der Waals surface area (Å²) in [6.45, 7) is 1.76. The molecule has 5 nitrogen and oxygen atoms in total. The molecule has 1 unspecified atom stereocenters. The van der Waals surface area contributed by atoms with Gasteiger partial charge in [-0.3, -0.25) is 0 Å². The fourth-order valence-electron chi connectivity index (χ4n) is 1.73. The Bertz CT molecular complexity index is 765. The van der Waals surface area contributed by atoms with Crippen LogP contribution in [0.2, 0.25) is 0 Å². The first kappa shape index (κ1) is 15.6. The Kier molecular flexibility index (Phi) is 4.73. The van der Waals surface area contributed by atoms with Gasteiger partial charge in [0.1, 0.15) is 16.7 Å². The van der Waals surface area contributed by atoms with Crippen LogP contribution in [0.25, 0.3) is 0 Å². The molecule has 0 radical (unpaired) electrons. The van der Waals surface area contributed by atoms with Crippen molar-refractivity contribution in [1.82, 2.24) is 9.71 Å². The van der Waals surface area contributed by atoms with Crippen molar-refractivity contribution in [3.05, 3.63) is 58.3 Å². The van der Waals surface area contributed by atoms with Gasteiger partial charge in [0, 0.05) is 16.7 Å². The maximum Gasteiger partial charge on any atom is 0.242 e. The summed E-state index contributed by atoms with van der Waals surface area (Å²) >= 11 is 3.33. The number of nitrogens with zero attached hydrogens (tertiary/aromatic N) is 2. The van der Waals surface area contributed by atoms with Crippen LogP contribution in [0.3, 0.4) is 0 Å². The van der Waals surface area contributed by atoms with Crippen molar-refractivity contribution in [1.29, 1.82) is 5.26 Å². The van der Waals surface area contributed by atoms with E-state index in [2.05, 4.69) is 25.6 Å². The number of benzene rings is 1. The molecule has 0 amide bonds. The lowest BCUT2D eigenvalue weighted by Gasteiger charge is -2.14. The zero-order valence-electron chi connectivity index (χ0n) is 11.1. The van der Waals surface area contributed by atoms with Gasteiger partial charge in [-0.1, -0.05) is 28.1 Å². The fourth-order valence-corrected chi connectivity index (χ4v) is 3.17. The van der Waals surface area contributed by atoms with Crippen molar-refractivity contribution in [2.45, 2.75) is 17.9 Å². The number of pyridine rings is 1. The predicted molar refractivity (Wildman–Crippen MR) is 81.8 cm³/mol. The van der Waals surface area contributed by atoms with Crippen LogP contribution in [-0.4, -0.2) is 13.4 Å². The maximum atomic E-state index is 12.2. The zero-order valence-corrected chi connectivity index (χ0v) is 13.5. The van der Waals surface area contributed by atoms with Crippen LogP contribution in [-0.2, 0) is 10.0 Å². The van der Waals surface area contributed by atoms with Crippen molar-refractivity contribution < 1.29 is 8.42 Å². The second-order valence-corrected chi connectivity index (χ2v) is 7.02. The van der Waals surface area contributed by atoms with Gasteiger partial charge in [0.25, 0.3) is 0 Å². The highest BCUT2D eigenvalue weighted by Gasteiger charge is 2.18. The van der Waals surface area contributed by atoms with E-state index in [9.17, 15) is 8.42 Å². The van der Waals surface area contributed by atoms with Gasteiger partial charge < -0.3 is 0 Å². The number of nitrogens with one attached hydrogen (secondary N) is 1. The van der Waals surface area contributed by atoms with Gasteiger partial charge in [-0.15, -0.1) is 0 Å². The topological polar surface area (TPSA) is 82.9 Å². The molecule has 108 valence electrons. The molecule has 1 heterocycles. The van der Waals surface area contributed by atoms with Crippen LogP contribution >= 0.6 is 15.9 Å². The molecule has 1 N–H and O–H groups in total. The van der Waals surface area contributed by atoms with Crippen LogP contribution in [0.1, 0.15) is 24.2 Å². The Morgan fingerprint density at radius 2 is 1.90 bits per heavy atom. The minimum Gasteiger partial charge on any atom is -0.244 e. The summed E-state index contributed by atoms with van der Waals surface area (Å²) in [4.78, 5) is 3.80. The first-order valence-corrected chi connectivity index (χ1v) is 8.34. The summed E-state index contributed by atoms with van der Waals surface area (Å²) in [6.07, 6.45) is 1.18. The van der Waals surface area contributed by atoms with Crippen LogP contribution in [0, 0.1) is 11.3 Å². The second kappa shape index (κ2) is 6.35. The van der Waals surface area contributed by atoms with E-state index in [0.717, 1.165) is 10.0 Å². The van der Waals surface area contributed by atoms with Gasteiger partial charge in [-0.25, -0.2) is 18.1 Å². The second-order valence-electron chi connectivity index (χ2n) is 4.39. The molecule has 0 aliphatic rings. The largest absolute Gasteiger partial charge is 0.244 e. The van der Waals surface area contributed by atoms with Crippen molar-refractivity contribution in [3.63, 3.8) is 0 Å². The molecule has 2 rings (SSSR count). The quantitative estimate of drug-likeness (QED) is 0.902. The lowest BCUT2D eigenvalue weighted by molar-refractivity contribution is 0.566. The number of hydrogen-bond donors (Lipinski definition) is 1. The molecule has 0 bridgehead atoms. The molecule has 0 aliphatic carbocycles. The Morgan fingerprint density at radius 1 is 1.24 bits per heavy atom. The third-order valence-corrected chi connectivity index (χ3v) is 4.92. The predicted octanol–water partition coefficient (Wildman–Crippen LogP) is 2.76. The highest BCUT2D eigenvalue weighted by atomic mass is 79.9. The van der Waals surface area contributed by atoms with Crippen LogP contribution in [0.4, 0.5) is 0 Å². The summed E-state index contributed by atoms with van der Waals surface area (Å²) < 4.78 is 28.0. The van der Waals surface area contributed by atoms with Gasteiger partial charge in [0.05, 0.1) is 0 Å². The number of aromatic nitrogens is 1. The fraction of sp³-hybridized carbons (Fsp3) is 0.143. The van der Waals surface area contributed by atoms with E-state index in [1.807, 2.05) is 30.3 Å². The number of rotatable bonds is 4. The summed E-state index contributed by atoms with van der Waals surface area (Å²) in [5.41, 5.74) is 1.03. The van der Waals surface area contributed by atoms with E-state index >= 15 is 0 Å². The van der Waals surface area contributed by atoms with Gasteiger partial charge in [-0.05, 0) is 36.8 Å². The van der Waals surface area contributed by atoms with Gasteiger partial charge in [0.2, 0.25) is 10.0 Å². The summed E-state index contributed by atoms with van der Waals surface area (Å²) in [5, 5.41) is 8.67. The Morgan fingerprint density at radius 3 is 2.43 bits per heavy atom. The lowest BCUT2D eigenvalue weighted by Crippen LogP contribution is -2.27. The molecule has 0 aliphatic heterocycles. The minimum absolute atomic E-state index is 0.0328. The van der Waals surface area contributed by atoms with Crippen LogP contribution in [0.15, 0.2) is 52.0 Å². The average Bonchev–Trinajstić information content (AvgIpc) is 2.47. The molecule has 0 spiro atoms. The molecule has 2 aromatic rings.